The van der Waals surface area contributed by atoms with E-state index in [1.807, 2.05) is 79.7 Å². The number of aromatic nitrogens is 1. The smallest absolute Gasteiger partial charge is 0.345 e. The first-order chi connectivity index (χ1) is 40.1. The minimum Gasteiger partial charge on any atom is -0.507 e. The van der Waals surface area contributed by atoms with Gasteiger partial charge in [0.25, 0.3) is 0 Å². The van der Waals surface area contributed by atoms with Crippen LogP contribution >= 0.6 is 0 Å². The Labute approximate surface area is 498 Å². The number of fused-ring (bicyclic) bond motifs is 13. The number of carbonyl (C=O) groups excluding carboxylic acids is 1. The number of nitrogens with zero attached hydrogens (tertiary/aromatic N) is 1. The predicted octanol–water partition coefficient (Wildman–Crippen LogP) is 19.2. The number of hydrogen-bond donors (Lipinski definition) is 1. The number of aryl methyl sites for hydroxylation is 1. The summed E-state index contributed by atoms with van der Waals surface area (Å²) in [6.07, 6.45) is 4.77. The number of aromatic hydroxyl groups is 1. The van der Waals surface area contributed by atoms with Gasteiger partial charge in [0, 0.05) is 52.5 Å². The second-order valence-electron chi connectivity index (χ2n) is 26.1. The van der Waals surface area contributed by atoms with Gasteiger partial charge in [-0.1, -0.05) is 181 Å². The second-order valence-corrected chi connectivity index (χ2v) is 26.1. The lowest BCUT2D eigenvalue weighted by Crippen LogP contribution is -2.16. The van der Waals surface area contributed by atoms with Gasteiger partial charge in [0.05, 0.1) is 43.2 Å². The molecule has 1 aliphatic carbocycles. The Morgan fingerprint density at radius 3 is 1.42 bits per heavy atom. The van der Waals surface area contributed by atoms with E-state index in [0.717, 1.165) is 120 Å². The van der Waals surface area contributed by atoms with Crippen LogP contribution in [0.2, 0.25) is 0 Å². The van der Waals surface area contributed by atoms with E-state index in [4.69, 9.17) is 28.7 Å². The third-order valence-electron chi connectivity index (χ3n) is 16.3. The summed E-state index contributed by atoms with van der Waals surface area (Å²) < 4.78 is 35.2. The molecule has 0 saturated heterocycles. The molecular formula is C76H85NO7. The monoisotopic (exact) mass is 1120 g/mol. The number of benzene rings is 8. The van der Waals surface area contributed by atoms with Gasteiger partial charge in [-0.05, 0) is 145 Å². The molecule has 0 radical (unpaired) electrons. The molecule has 9 aromatic rings. The van der Waals surface area contributed by atoms with Gasteiger partial charge >= 0.3 is 5.97 Å². The van der Waals surface area contributed by atoms with Gasteiger partial charge < -0.3 is 28.8 Å². The maximum Gasteiger partial charge on any atom is 0.345 e. The summed E-state index contributed by atoms with van der Waals surface area (Å²) in [5.74, 6) is 3.11. The van der Waals surface area contributed by atoms with Crippen molar-refractivity contribution in [2.24, 2.45) is 0 Å². The molecule has 10 rings (SSSR count). The van der Waals surface area contributed by atoms with Gasteiger partial charge in [0.15, 0.2) is 0 Å². The first-order valence-corrected chi connectivity index (χ1v) is 30.5. The van der Waals surface area contributed by atoms with Gasteiger partial charge in [-0.2, -0.15) is 0 Å². The van der Waals surface area contributed by atoms with Crippen LogP contribution in [0.5, 0.6) is 34.5 Å². The van der Waals surface area contributed by atoms with E-state index in [1.54, 1.807) is 6.07 Å². The van der Waals surface area contributed by atoms with Crippen molar-refractivity contribution in [3.63, 3.8) is 0 Å². The zero-order chi connectivity index (χ0) is 59.8. The average molecular weight is 1120 g/mol. The fourth-order valence-electron chi connectivity index (χ4n) is 11.8. The fraction of sp³-hybridized carbons (Fsp3) is 0.368. The minimum atomic E-state index is -0.568. The summed E-state index contributed by atoms with van der Waals surface area (Å²) in [5.41, 5.74) is 13.7. The van der Waals surface area contributed by atoms with Crippen molar-refractivity contribution < 1.29 is 33.6 Å². The predicted molar refractivity (Wildman–Crippen MR) is 346 cm³/mol. The molecule has 84 heavy (non-hydrogen) atoms. The van der Waals surface area contributed by atoms with Crippen molar-refractivity contribution in [3.8, 4) is 56.8 Å². The number of phenolic OH excluding ortho intramolecular Hbond substituents is 1. The third kappa shape index (κ3) is 12.0. The number of carbonyl (C=O) groups is 1. The Morgan fingerprint density at radius 1 is 0.476 bits per heavy atom. The van der Waals surface area contributed by atoms with Gasteiger partial charge in [0.1, 0.15) is 34.5 Å². The fourth-order valence-corrected chi connectivity index (χ4v) is 11.8. The van der Waals surface area contributed by atoms with Crippen molar-refractivity contribution in [2.75, 3.05) is 26.4 Å². The summed E-state index contributed by atoms with van der Waals surface area (Å²) >= 11 is 0. The highest BCUT2D eigenvalue weighted by atomic mass is 16.5. The van der Waals surface area contributed by atoms with Gasteiger partial charge in [-0.25, -0.2) is 4.79 Å². The number of esters is 1. The molecule has 0 spiro atoms. The largest absolute Gasteiger partial charge is 0.507 e. The van der Waals surface area contributed by atoms with E-state index in [0.29, 0.717) is 85.1 Å². The highest BCUT2D eigenvalue weighted by molar-refractivity contribution is 6.11. The van der Waals surface area contributed by atoms with Gasteiger partial charge in [-0.15, -0.1) is 0 Å². The molecule has 1 aliphatic rings. The first-order valence-electron chi connectivity index (χ1n) is 30.5. The highest BCUT2D eigenvalue weighted by Gasteiger charge is 2.32. The maximum atomic E-state index is 15.4. The molecule has 8 heteroatoms. The third-order valence-corrected chi connectivity index (χ3v) is 16.3. The number of pyridine rings is 1. The number of rotatable bonds is 15. The van der Waals surface area contributed by atoms with Gasteiger partial charge in [0.2, 0.25) is 0 Å². The van der Waals surface area contributed by atoms with Crippen molar-refractivity contribution in [1.82, 2.24) is 4.98 Å². The average Bonchev–Trinajstić information content (AvgIpc) is 2.82. The van der Waals surface area contributed by atoms with Crippen molar-refractivity contribution in [3.05, 3.63) is 183 Å². The van der Waals surface area contributed by atoms with E-state index in [1.165, 1.54) is 11.1 Å². The van der Waals surface area contributed by atoms with E-state index in [2.05, 4.69) is 132 Å². The molecule has 0 unspecified atom stereocenters. The second kappa shape index (κ2) is 24.0. The molecule has 0 atom stereocenters. The summed E-state index contributed by atoms with van der Waals surface area (Å²) in [6.45, 7) is 33.0. The SMILES string of the molecule is CCCOc1c2cc(C(C)(C)C)cc1Cc1cc(C(C)(C)C)cc(c1OCCC)-c1cc3nc(C)c(C(=O)Oc4ccc5ccccc5c4-c4c(O)ccc5ccccc45)cc3c(c1OCCC)Cc1cc(C(C)(C)C)cc(c1OCCC)C2. The Kier molecular flexibility index (Phi) is 17.0. The van der Waals surface area contributed by atoms with Crippen LogP contribution in [0.15, 0.2) is 121 Å². The van der Waals surface area contributed by atoms with E-state index in [9.17, 15) is 5.11 Å². The van der Waals surface area contributed by atoms with E-state index < -0.39 is 5.97 Å². The van der Waals surface area contributed by atoms with Gasteiger partial charge in [-0.3, -0.25) is 4.98 Å². The summed E-state index contributed by atoms with van der Waals surface area (Å²) in [4.78, 5) is 20.8. The Balaban J connectivity index is 1.30. The highest BCUT2D eigenvalue weighted by Crippen LogP contribution is 2.50. The Bertz CT molecular complexity index is 3960. The quantitative estimate of drug-likeness (QED) is 0.0801. The zero-order valence-electron chi connectivity index (χ0n) is 52.2. The Hall–Kier alpha value is -7.84. The lowest BCUT2D eigenvalue weighted by atomic mass is 9.80. The molecule has 1 heterocycles. The Morgan fingerprint density at radius 2 is 0.905 bits per heavy atom. The molecular weight excluding hydrogens is 1040 g/mol. The van der Waals surface area contributed by atoms with Crippen LogP contribution in [0.25, 0.3) is 54.7 Å². The molecule has 1 N–H and O–H groups in total. The van der Waals surface area contributed by atoms with Crippen LogP contribution in [0.3, 0.4) is 0 Å². The van der Waals surface area contributed by atoms with Crippen molar-refractivity contribution in [1.29, 1.82) is 0 Å². The molecule has 436 valence electrons. The standard InChI is InChI=1S/C76H85NO7/c1-15-31-80-69-49-35-50-38-55(75(9,10)11)41-53(70(50)81-32-16-2)42-61-60-44-59(73(79)84-66-30-28-48-24-20-22-26-58(48)68(66)67-57-25-21-19-23-47(57)27-29-65(67)78)46(5)77-64(60)45-63(72(61)83-34-18-4)62-43-56(76(12,13)14)40-52(71(62)82-33-17-3)36-51(69)39-54(37-49)74(6,7)8/h19-30,37-41,43-45,78H,15-18,31-36,42H2,1-14H3. The summed E-state index contributed by atoms with van der Waals surface area (Å²) in [5, 5.41) is 16.1. The van der Waals surface area contributed by atoms with Crippen LogP contribution in [-0.4, -0.2) is 42.5 Å². The molecule has 0 fully saturated rings. The van der Waals surface area contributed by atoms with Crippen LogP contribution in [0.4, 0.5) is 0 Å². The molecule has 1 aromatic heterocycles. The van der Waals surface area contributed by atoms with Crippen molar-refractivity contribution >= 4 is 38.4 Å². The van der Waals surface area contributed by atoms with Crippen LogP contribution in [-0.2, 0) is 35.5 Å². The number of ether oxygens (including phenoxy) is 5. The minimum absolute atomic E-state index is 0.0882. The number of hydrogen-bond acceptors (Lipinski definition) is 8. The topological polar surface area (TPSA) is 96.3 Å². The first kappa shape index (κ1) is 59.3. The molecule has 8 nitrogen and oxygen atoms in total. The van der Waals surface area contributed by atoms with Crippen LogP contribution < -0.4 is 23.7 Å². The summed E-state index contributed by atoms with van der Waals surface area (Å²) in [7, 11) is 0. The maximum absolute atomic E-state index is 15.4. The molecule has 8 aromatic carbocycles. The zero-order valence-corrected chi connectivity index (χ0v) is 52.2. The summed E-state index contributed by atoms with van der Waals surface area (Å²) in [6, 6.07) is 41.6. The molecule has 0 aliphatic heterocycles. The molecule has 0 saturated carbocycles. The lowest BCUT2D eigenvalue weighted by Gasteiger charge is -2.27. The molecule has 8 bridgehead atoms. The van der Waals surface area contributed by atoms with Crippen molar-refractivity contribution in [2.45, 2.75) is 158 Å². The van der Waals surface area contributed by atoms with Crippen LogP contribution in [0, 0.1) is 6.92 Å². The molecule has 0 amide bonds. The normalized spacial score (nSPS) is 12.7. The number of phenols is 1. The van der Waals surface area contributed by atoms with E-state index >= 15 is 4.79 Å². The lowest BCUT2D eigenvalue weighted by molar-refractivity contribution is 0.0734. The van der Waals surface area contributed by atoms with E-state index in [-0.39, 0.29) is 22.0 Å². The van der Waals surface area contributed by atoms with Crippen LogP contribution in [0.1, 0.15) is 182 Å².